The second kappa shape index (κ2) is 7.74. The van der Waals surface area contributed by atoms with Crippen LogP contribution in [0.4, 0.5) is 0 Å². The zero-order valence-electron chi connectivity index (χ0n) is 12.1. The van der Waals surface area contributed by atoms with Crippen molar-refractivity contribution >= 4 is 5.97 Å². The van der Waals surface area contributed by atoms with E-state index in [-0.39, 0.29) is 12.5 Å². The maximum Gasteiger partial charge on any atom is 0.304 e. The van der Waals surface area contributed by atoms with Gasteiger partial charge in [-0.2, -0.15) is 0 Å². The lowest BCUT2D eigenvalue weighted by Crippen LogP contribution is -2.48. The molecule has 18 heavy (non-hydrogen) atoms. The van der Waals surface area contributed by atoms with E-state index < -0.39 is 5.97 Å². The molecule has 0 saturated carbocycles. The Morgan fingerprint density at radius 3 is 2.44 bits per heavy atom. The molecule has 0 aliphatic carbocycles. The lowest BCUT2D eigenvalue weighted by molar-refractivity contribution is -0.138. The van der Waals surface area contributed by atoms with E-state index in [1.807, 2.05) is 6.92 Å². The molecule has 0 spiro atoms. The van der Waals surface area contributed by atoms with Gasteiger partial charge in [0.25, 0.3) is 0 Å². The zero-order chi connectivity index (χ0) is 13.5. The van der Waals surface area contributed by atoms with Gasteiger partial charge >= 0.3 is 5.97 Å². The highest BCUT2D eigenvalue weighted by Crippen LogP contribution is 2.20. The first-order chi connectivity index (χ1) is 8.58. The van der Waals surface area contributed by atoms with Gasteiger partial charge in [-0.05, 0) is 52.4 Å². The van der Waals surface area contributed by atoms with Gasteiger partial charge in [0.2, 0.25) is 0 Å². The molecule has 0 aromatic rings. The van der Waals surface area contributed by atoms with Crippen molar-refractivity contribution < 1.29 is 9.90 Å². The summed E-state index contributed by atoms with van der Waals surface area (Å²) in [5, 5.41) is 8.90. The standard InChI is InChI=1S/C14H28N2O2/c1-4-8-15-9-6-13(7-10-15)16(5-2)12(3)11-14(17)18/h12-13H,4-11H2,1-3H3,(H,17,18). The number of rotatable bonds is 7. The highest BCUT2D eigenvalue weighted by atomic mass is 16.4. The minimum Gasteiger partial charge on any atom is -0.481 e. The molecule has 1 heterocycles. The van der Waals surface area contributed by atoms with Crippen LogP contribution in [0.5, 0.6) is 0 Å². The van der Waals surface area contributed by atoms with Crippen molar-refractivity contribution in [1.29, 1.82) is 0 Å². The summed E-state index contributed by atoms with van der Waals surface area (Å²) in [6.07, 6.45) is 3.83. The smallest absolute Gasteiger partial charge is 0.304 e. The highest BCUT2D eigenvalue weighted by Gasteiger charge is 2.27. The molecule has 0 amide bonds. The molecule has 1 saturated heterocycles. The van der Waals surface area contributed by atoms with Crippen LogP contribution in [0.2, 0.25) is 0 Å². The molecule has 106 valence electrons. The Labute approximate surface area is 111 Å². The second-order valence-electron chi connectivity index (χ2n) is 5.35. The number of nitrogens with zero attached hydrogens (tertiary/aromatic N) is 2. The van der Waals surface area contributed by atoms with E-state index in [9.17, 15) is 4.79 Å². The van der Waals surface area contributed by atoms with Gasteiger partial charge in [0, 0.05) is 12.1 Å². The van der Waals surface area contributed by atoms with Gasteiger partial charge in [-0.25, -0.2) is 0 Å². The Kier molecular flexibility index (Phi) is 6.65. The molecule has 1 aliphatic rings. The average Bonchev–Trinajstić information content (AvgIpc) is 2.31. The summed E-state index contributed by atoms with van der Waals surface area (Å²) in [5.41, 5.74) is 0. The fourth-order valence-electron chi connectivity index (χ4n) is 3.09. The quantitative estimate of drug-likeness (QED) is 0.757. The van der Waals surface area contributed by atoms with Crippen molar-refractivity contribution in [3.8, 4) is 0 Å². The zero-order valence-corrected chi connectivity index (χ0v) is 12.1. The average molecular weight is 256 g/mol. The number of piperidine rings is 1. The second-order valence-corrected chi connectivity index (χ2v) is 5.35. The number of carbonyl (C=O) groups is 1. The third kappa shape index (κ3) is 4.58. The molecule has 1 fully saturated rings. The van der Waals surface area contributed by atoms with Gasteiger partial charge in [0.05, 0.1) is 6.42 Å². The first kappa shape index (κ1) is 15.4. The number of carboxylic acid groups (broad SMARTS) is 1. The molecule has 0 aromatic heterocycles. The lowest BCUT2D eigenvalue weighted by atomic mass is 10.0. The Morgan fingerprint density at radius 2 is 2.00 bits per heavy atom. The molecule has 4 heteroatoms. The predicted molar refractivity (Wildman–Crippen MR) is 73.8 cm³/mol. The molecule has 1 unspecified atom stereocenters. The van der Waals surface area contributed by atoms with Crippen LogP contribution in [0, 0.1) is 0 Å². The van der Waals surface area contributed by atoms with E-state index in [1.54, 1.807) is 0 Å². The van der Waals surface area contributed by atoms with Gasteiger partial charge in [-0.3, -0.25) is 9.69 Å². The molecule has 1 N–H and O–H groups in total. The van der Waals surface area contributed by atoms with Crippen molar-refractivity contribution in [2.75, 3.05) is 26.2 Å². The monoisotopic (exact) mass is 256 g/mol. The van der Waals surface area contributed by atoms with Crippen LogP contribution < -0.4 is 0 Å². The molecule has 4 nitrogen and oxygen atoms in total. The lowest BCUT2D eigenvalue weighted by Gasteiger charge is -2.40. The van der Waals surface area contributed by atoms with Crippen molar-refractivity contribution in [1.82, 2.24) is 9.80 Å². The van der Waals surface area contributed by atoms with E-state index in [2.05, 4.69) is 23.6 Å². The summed E-state index contributed by atoms with van der Waals surface area (Å²) in [6, 6.07) is 0.715. The Morgan fingerprint density at radius 1 is 1.39 bits per heavy atom. The minimum absolute atomic E-state index is 0.148. The summed E-state index contributed by atoms with van der Waals surface area (Å²) in [4.78, 5) is 15.7. The van der Waals surface area contributed by atoms with Gasteiger partial charge in [0.15, 0.2) is 0 Å². The van der Waals surface area contributed by atoms with Crippen molar-refractivity contribution in [2.45, 2.75) is 58.5 Å². The number of likely N-dealkylation sites (tertiary alicyclic amines) is 1. The molecule has 0 radical (unpaired) electrons. The molecule has 1 atom stereocenters. The van der Waals surface area contributed by atoms with Crippen LogP contribution in [-0.4, -0.2) is 59.1 Å². The van der Waals surface area contributed by atoms with E-state index in [0.717, 1.165) is 19.6 Å². The molecule has 0 bridgehead atoms. The van der Waals surface area contributed by atoms with Crippen LogP contribution in [0.1, 0.15) is 46.5 Å². The SMILES string of the molecule is CCCN1CCC(N(CC)C(C)CC(=O)O)CC1. The number of hydrogen-bond donors (Lipinski definition) is 1. The van der Waals surface area contributed by atoms with Crippen LogP contribution in [0.25, 0.3) is 0 Å². The van der Waals surface area contributed by atoms with Crippen LogP contribution in [-0.2, 0) is 4.79 Å². The first-order valence-electron chi connectivity index (χ1n) is 7.28. The topological polar surface area (TPSA) is 43.8 Å². The highest BCUT2D eigenvalue weighted by molar-refractivity contribution is 5.67. The van der Waals surface area contributed by atoms with E-state index in [0.29, 0.717) is 6.04 Å². The van der Waals surface area contributed by atoms with Gasteiger partial charge in [-0.1, -0.05) is 13.8 Å². The first-order valence-corrected chi connectivity index (χ1v) is 7.28. The van der Waals surface area contributed by atoms with Gasteiger partial charge in [0.1, 0.15) is 0 Å². The van der Waals surface area contributed by atoms with Crippen LogP contribution in [0.15, 0.2) is 0 Å². The van der Waals surface area contributed by atoms with Crippen molar-refractivity contribution in [3.63, 3.8) is 0 Å². The summed E-state index contributed by atoms with van der Waals surface area (Å²) < 4.78 is 0. The predicted octanol–water partition coefficient (Wildman–Crippen LogP) is 2.05. The summed E-state index contributed by atoms with van der Waals surface area (Å²) in [6.45, 7) is 10.9. The molecule has 1 aliphatic heterocycles. The summed E-state index contributed by atoms with van der Waals surface area (Å²) in [7, 11) is 0. The largest absolute Gasteiger partial charge is 0.481 e. The maximum atomic E-state index is 10.8. The molecular formula is C14H28N2O2. The number of aliphatic carboxylic acids is 1. The maximum absolute atomic E-state index is 10.8. The van der Waals surface area contributed by atoms with Crippen LogP contribution >= 0.6 is 0 Å². The third-order valence-electron chi connectivity index (χ3n) is 3.97. The Hall–Kier alpha value is -0.610. The molecule has 0 aromatic carbocycles. The van der Waals surface area contributed by atoms with Gasteiger partial charge < -0.3 is 10.0 Å². The van der Waals surface area contributed by atoms with Crippen molar-refractivity contribution in [2.24, 2.45) is 0 Å². The Balaban J connectivity index is 2.44. The Bertz CT molecular complexity index is 250. The fraction of sp³-hybridized carbons (Fsp3) is 0.929. The van der Waals surface area contributed by atoms with Gasteiger partial charge in [-0.15, -0.1) is 0 Å². The van der Waals surface area contributed by atoms with E-state index >= 15 is 0 Å². The molecular weight excluding hydrogens is 228 g/mol. The van der Waals surface area contributed by atoms with E-state index in [4.69, 9.17) is 5.11 Å². The fourth-order valence-corrected chi connectivity index (χ4v) is 3.09. The molecule has 1 rings (SSSR count). The van der Waals surface area contributed by atoms with Crippen LogP contribution in [0.3, 0.4) is 0 Å². The van der Waals surface area contributed by atoms with Crippen molar-refractivity contribution in [3.05, 3.63) is 0 Å². The third-order valence-corrected chi connectivity index (χ3v) is 3.97. The van der Waals surface area contributed by atoms with E-state index in [1.165, 1.54) is 25.8 Å². The summed E-state index contributed by atoms with van der Waals surface area (Å²) in [5.74, 6) is -0.690. The normalized spacial score (nSPS) is 20.2. The number of hydrogen-bond acceptors (Lipinski definition) is 3. The minimum atomic E-state index is -0.690. The number of carboxylic acids is 1. The summed E-state index contributed by atoms with van der Waals surface area (Å²) >= 11 is 0.